The van der Waals surface area contributed by atoms with Crippen LogP contribution in [0.15, 0.2) is 47.4 Å². The number of benzene rings is 2. The molecule has 5 rings (SSSR count). The Morgan fingerprint density at radius 1 is 1.03 bits per heavy atom. The van der Waals surface area contributed by atoms with Crippen molar-refractivity contribution in [1.82, 2.24) is 4.90 Å². The molecule has 2 saturated heterocycles. The predicted octanol–water partition coefficient (Wildman–Crippen LogP) is 2.93. The largest absolute Gasteiger partial charge is 0.454 e. The van der Waals surface area contributed by atoms with E-state index in [1.807, 2.05) is 24.3 Å². The monoisotopic (exact) mass is 467 g/mol. The first kappa shape index (κ1) is 21.4. The highest BCUT2D eigenvalue weighted by Gasteiger charge is 2.36. The van der Waals surface area contributed by atoms with Crippen LogP contribution in [0.3, 0.4) is 0 Å². The molecule has 0 spiro atoms. The van der Waals surface area contributed by atoms with E-state index in [0.29, 0.717) is 30.4 Å². The van der Waals surface area contributed by atoms with Gasteiger partial charge < -0.3 is 24.4 Å². The summed E-state index contributed by atoms with van der Waals surface area (Å²) in [5.74, 6) is 0.166. The van der Waals surface area contributed by atoms with Crippen molar-refractivity contribution in [3.8, 4) is 11.5 Å². The fourth-order valence-corrected chi connectivity index (χ4v) is 4.55. The molecule has 9 nitrogen and oxygen atoms in total. The zero-order chi connectivity index (χ0) is 22.8. The van der Waals surface area contributed by atoms with E-state index >= 15 is 0 Å². The Morgan fingerprint density at radius 2 is 1.79 bits per heavy atom. The number of imide groups is 1. The summed E-state index contributed by atoms with van der Waals surface area (Å²) in [6.07, 6.45) is 1.67. The molecule has 0 unspecified atom stereocenters. The molecule has 3 aliphatic heterocycles. The molecule has 2 aromatic carbocycles. The van der Waals surface area contributed by atoms with Crippen LogP contribution in [0.25, 0.3) is 6.08 Å². The van der Waals surface area contributed by atoms with Gasteiger partial charge in [0.1, 0.15) is 6.54 Å². The zero-order valence-electron chi connectivity index (χ0n) is 17.6. The van der Waals surface area contributed by atoms with Crippen LogP contribution in [-0.2, 0) is 14.3 Å². The first-order valence-corrected chi connectivity index (χ1v) is 11.3. The van der Waals surface area contributed by atoms with Gasteiger partial charge in [0.05, 0.1) is 18.1 Å². The minimum absolute atomic E-state index is 0.131. The van der Waals surface area contributed by atoms with E-state index in [1.54, 1.807) is 24.3 Å². The Hall–Kier alpha value is -3.50. The molecule has 10 heteroatoms. The summed E-state index contributed by atoms with van der Waals surface area (Å²) < 4.78 is 15.9. The molecule has 3 aliphatic rings. The van der Waals surface area contributed by atoms with Gasteiger partial charge in [-0.1, -0.05) is 12.1 Å². The van der Waals surface area contributed by atoms with Gasteiger partial charge in [0.15, 0.2) is 11.5 Å². The van der Waals surface area contributed by atoms with Crippen LogP contribution in [0.5, 0.6) is 11.5 Å². The molecule has 3 heterocycles. The first-order valence-electron chi connectivity index (χ1n) is 10.4. The lowest BCUT2D eigenvalue weighted by Gasteiger charge is -2.28. The van der Waals surface area contributed by atoms with E-state index in [-0.39, 0.29) is 18.2 Å². The number of amides is 3. The number of nitrogens with one attached hydrogen (secondary N) is 1. The molecule has 2 aromatic rings. The van der Waals surface area contributed by atoms with Crippen molar-refractivity contribution in [3.63, 3.8) is 0 Å². The number of carbonyl (C=O) groups is 3. The number of anilines is 2. The summed E-state index contributed by atoms with van der Waals surface area (Å²) in [5.41, 5.74) is 2.39. The van der Waals surface area contributed by atoms with E-state index < -0.39 is 17.1 Å². The van der Waals surface area contributed by atoms with Crippen LogP contribution in [-0.4, -0.2) is 61.6 Å². The van der Waals surface area contributed by atoms with Gasteiger partial charge in [-0.15, -0.1) is 0 Å². The number of hydrogen-bond acceptors (Lipinski definition) is 8. The van der Waals surface area contributed by atoms with E-state index in [1.165, 1.54) is 0 Å². The number of thioether (sulfide) groups is 1. The molecular formula is C23H21N3O6S. The second-order valence-electron chi connectivity index (χ2n) is 7.58. The Bertz CT molecular complexity index is 1130. The Labute approximate surface area is 194 Å². The second kappa shape index (κ2) is 9.16. The summed E-state index contributed by atoms with van der Waals surface area (Å²) in [4.78, 5) is 41.0. The van der Waals surface area contributed by atoms with Gasteiger partial charge in [0, 0.05) is 30.5 Å². The standard InChI is InChI=1S/C23H21N3O6S/c27-21(24-16-3-6-18-19(12-16)32-14-31-18)13-26-22(28)20(33-23(26)29)11-15-1-4-17(5-2-15)25-7-9-30-10-8-25/h1-6,11-12H,7-10,13-14H2,(H,24,27)/b20-11-. The first-order chi connectivity index (χ1) is 16.1. The number of hydrogen-bond donors (Lipinski definition) is 1. The Balaban J connectivity index is 1.22. The summed E-state index contributed by atoms with van der Waals surface area (Å²) in [7, 11) is 0. The van der Waals surface area contributed by atoms with Crippen molar-refractivity contribution >= 4 is 46.3 Å². The van der Waals surface area contributed by atoms with Crippen molar-refractivity contribution in [2.45, 2.75) is 0 Å². The van der Waals surface area contributed by atoms with Gasteiger partial charge in [-0.3, -0.25) is 19.3 Å². The molecule has 0 aromatic heterocycles. The SMILES string of the molecule is O=C(CN1C(=O)S/C(=C\c2ccc(N3CCOCC3)cc2)C1=O)Nc1ccc2c(c1)OCO2. The van der Waals surface area contributed by atoms with Gasteiger partial charge in [-0.05, 0) is 47.7 Å². The lowest BCUT2D eigenvalue weighted by Crippen LogP contribution is -2.36. The van der Waals surface area contributed by atoms with Crippen molar-refractivity contribution in [3.05, 3.63) is 52.9 Å². The van der Waals surface area contributed by atoms with Crippen LogP contribution in [0.1, 0.15) is 5.56 Å². The maximum atomic E-state index is 12.8. The molecule has 0 aliphatic carbocycles. The highest BCUT2D eigenvalue weighted by molar-refractivity contribution is 8.18. The van der Waals surface area contributed by atoms with Crippen LogP contribution in [0.2, 0.25) is 0 Å². The number of ether oxygens (including phenoxy) is 3. The van der Waals surface area contributed by atoms with Crippen molar-refractivity contribution in [2.24, 2.45) is 0 Å². The maximum Gasteiger partial charge on any atom is 0.294 e. The molecule has 2 fully saturated rings. The molecule has 0 radical (unpaired) electrons. The summed E-state index contributed by atoms with van der Waals surface area (Å²) in [6.45, 7) is 2.85. The Morgan fingerprint density at radius 3 is 2.58 bits per heavy atom. The van der Waals surface area contributed by atoms with E-state index in [2.05, 4.69) is 10.2 Å². The van der Waals surface area contributed by atoms with Crippen molar-refractivity contribution in [2.75, 3.05) is 49.9 Å². The van der Waals surface area contributed by atoms with E-state index in [4.69, 9.17) is 14.2 Å². The molecule has 170 valence electrons. The van der Waals surface area contributed by atoms with E-state index in [9.17, 15) is 14.4 Å². The third-order valence-corrected chi connectivity index (χ3v) is 6.31. The molecular weight excluding hydrogens is 446 g/mol. The van der Waals surface area contributed by atoms with Crippen molar-refractivity contribution in [1.29, 1.82) is 0 Å². The molecule has 0 bridgehead atoms. The number of fused-ring (bicyclic) bond motifs is 1. The summed E-state index contributed by atoms with van der Waals surface area (Å²) in [5, 5.41) is 2.20. The lowest BCUT2D eigenvalue weighted by molar-refractivity contribution is -0.127. The predicted molar refractivity (Wildman–Crippen MR) is 123 cm³/mol. The number of morpholine rings is 1. The van der Waals surface area contributed by atoms with Crippen molar-refractivity contribution < 1.29 is 28.6 Å². The smallest absolute Gasteiger partial charge is 0.294 e. The van der Waals surface area contributed by atoms with Crippen LogP contribution in [0, 0.1) is 0 Å². The maximum absolute atomic E-state index is 12.8. The third-order valence-electron chi connectivity index (χ3n) is 5.40. The number of rotatable bonds is 5. The fraction of sp³-hybridized carbons (Fsp3) is 0.261. The molecule has 33 heavy (non-hydrogen) atoms. The summed E-state index contributed by atoms with van der Waals surface area (Å²) >= 11 is 0.829. The molecule has 3 amide bonds. The molecule has 1 N–H and O–H groups in total. The lowest BCUT2D eigenvalue weighted by atomic mass is 10.1. The highest BCUT2D eigenvalue weighted by Crippen LogP contribution is 2.35. The van der Waals surface area contributed by atoms with Gasteiger partial charge in [0.2, 0.25) is 12.7 Å². The normalized spacial score (nSPS) is 18.8. The van der Waals surface area contributed by atoms with Gasteiger partial charge >= 0.3 is 0 Å². The number of carbonyl (C=O) groups excluding carboxylic acids is 3. The highest BCUT2D eigenvalue weighted by atomic mass is 32.2. The van der Waals surface area contributed by atoms with Crippen LogP contribution < -0.4 is 19.7 Å². The quantitative estimate of drug-likeness (QED) is 0.671. The minimum Gasteiger partial charge on any atom is -0.454 e. The minimum atomic E-state index is -0.483. The third kappa shape index (κ3) is 4.67. The molecule has 0 atom stereocenters. The van der Waals surface area contributed by atoms with E-state index in [0.717, 1.165) is 41.0 Å². The fourth-order valence-electron chi connectivity index (χ4n) is 3.71. The molecule has 0 saturated carbocycles. The average molecular weight is 468 g/mol. The average Bonchev–Trinajstić information content (AvgIpc) is 3.40. The number of nitrogens with zero attached hydrogens (tertiary/aromatic N) is 2. The Kier molecular flexibility index (Phi) is 5.93. The van der Waals surface area contributed by atoms with Gasteiger partial charge in [-0.25, -0.2) is 0 Å². The van der Waals surface area contributed by atoms with Crippen LogP contribution >= 0.6 is 11.8 Å². The van der Waals surface area contributed by atoms with Gasteiger partial charge in [-0.2, -0.15) is 0 Å². The topological polar surface area (TPSA) is 97.4 Å². The second-order valence-corrected chi connectivity index (χ2v) is 8.57. The van der Waals surface area contributed by atoms with Crippen LogP contribution in [0.4, 0.5) is 16.2 Å². The summed E-state index contributed by atoms with van der Waals surface area (Å²) in [6, 6.07) is 12.8. The zero-order valence-corrected chi connectivity index (χ0v) is 18.4. The van der Waals surface area contributed by atoms with Gasteiger partial charge in [0.25, 0.3) is 11.1 Å².